The highest BCUT2D eigenvalue weighted by Crippen LogP contribution is 2.19. The van der Waals surface area contributed by atoms with E-state index in [2.05, 4.69) is 22.9 Å². The maximum atomic E-state index is 12.3. The molecular formula is C20H32FN3O3S. The zero-order valence-corrected chi connectivity index (χ0v) is 17.4. The molecule has 28 heavy (non-hydrogen) atoms. The van der Waals surface area contributed by atoms with Gasteiger partial charge in [-0.05, 0) is 44.9 Å². The van der Waals surface area contributed by atoms with Crippen LogP contribution >= 0.6 is 11.8 Å². The Morgan fingerprint density at radius 2 is 2.04 bits per heavy atom. The number of benzene rings is 1. The van der Waals surface area contributed by atoms with Crippen molar-refractivity contribution in [3.05, 3.63) is 30.3 Å². The van der Waals surface area contributed by atoms with E-state index in [0.717, 1.165) is 31.6 Å². The molecule has 0 aromatic heterocycles. The monoisotopic (exact) mass is 413 g/mol. The van der Waals surface area contributed by atoms with Crippen LogP contribution < -0.4 is 10.8 Å². The second-order valence-corrected chi connectivity index (χ2v) is 7.76. The molecule has 2 rings (SSSR count). The van der Waals surface area contributed by atoms with Gasteiger partial charge in [0.1, 0.15) is 6.67 Å². The topological polar surface area (TPSA) is 62.8 Å². The molecule has 1 aliphatic rings. The van der Waals surface area contributed by atoms with Gasteiger partial charge in [0, 0.05) is 36.3 Å². The summed E-state index contributed by atoms with van der Waals surface area (Å²) in [6.45, 7) is 4.26. The number of rotatable bonds is 12. The molecule has 1 fully saturated rings. The number of likely N-dealkylation sites (tertiary alicyclic amines) is 1. The van der Waals surface area contributed by atoms with Crippen molar-refractivity contribution < 1.29 is 18.8 Å². The van der Waals surface area contributed by atoms with E-state index in [1.165, 1.54) is 4.90 Å². The van der Waals surface area contributed by atoms with Crippen molar-refractivity contribution in [3.63, 3.8) is 0 Å². The second kappa shape index (κ2) is 13.8. The largest absolute Gasteiger partial charge is 0.450 e. The molecule has 0 radical (unpaired) electrons. The van der Waals surface area contributed by atoms with Crippen LogP contribution in [0.4, 0.5) is 9.18 Å². The SMILES string of the molecule is CCOC(=O)N1CCC(ON[C@H](CCNCCF)CSc2ccccc2)CC1. The number of carbonyl (C=O) groups excluding carboxylic acids is 1. The standard InChI is InChI=1S/C20H32FN3O3S/c1-2-26-20(25)24-14-9-18(10-15-24)27-23-17(8-12-22-13-11-21)16-28-19-6-4-3-5-7-19/h3-7,17-18,22-23H,2,8-16H2,1H3/t17-/m1/s1. The molecule has 0 aliphatic carbocycles. The molecular weight excluding hydrogens is 381 g/mol. The first kappa shape index (κ1) is 22.9. The molecule has 8 heteroatoms. The van der Waals surface area contributed by atoms with Crippen molar-refractivity contribution >= 4 is 17.9 Å². The maximum absolute atomic E-state index is 12.3. The Kier molecular flexibility index (Phi) is 11.3. The van der Waals surface area contributed by atoms with Gasteiger partial charge in [0.15, 0.2) is 0 Å². The van der Waals surface area contributed by atoms with Gasteiger partial charge < -0.3 is 15.0 Å². The van der Waals surface area contributed by atoms with Gasteiger partial charge in [-0.1, -0.05) is 18.2 Å². The van der Waals surface area contributed by atoms with Crippen LogP contribution in [0.25, 0.3) is 0 Å². The lowest BCUT2D eigenvalue weighted by Gasteiger charge is -2.32. The minimum Gasteiger partial charge on any atom is -0.450 e. The van der Waals surface area contributed by atoms with Crippen molar-refractivity contribution in [2.75, 3.05) is 45.2 Å². The lowest BCUT2D eigenvalue weighted by molar-refractivity contribution is -0.0651. The predicted molar refractivity (Wildman–Crippen MR) is 110 cm³/mol. The number of piperidine rings is 1. The first-order valence-corrected chi connectivity index (χ1v) is 11.0. The molecule has 1 amide bonds. The fourth-order valence-corrected chi connectivity index (χ4v) is 3.90. The Hall–Kier alpha value is -1.35. The summed E-state index contributed by atoms with van der Waals surface area (Å²) in [5, 5.41) is 3.09. The van der Waals surface area contributed by atoms with Gasteiger partial charge in [-0.15, -0.1) is 11.8 Å². The molecule has 0 spiro atoms. The van der Waals surface area contributed by atoms with Crippen LogP contribution in [-0.2, 0) is 9.57 Å². The summed E-state index contributed by atoms with van der Waals surface area (Å²) in [4.78, 5) is 20.7. The zero-order valence-electron chi connectivity index (χ0n) is 16.6. The first-order valence-electron chi connectivity index (χ1n) is 10.00. The third-order valence-corrected chi connectivity index (χ3v) is 5.68. The van der Waals surface area contributed by atoms with E-state index in [-0.39, 0.29) is 24.9 Å². The average molecular weight is 414 g/mol. The fraction of sp³-hybridized carbons (Fsp3) is 0.650. The maximum Gasteiger partial charge on any atom is 0.409 e. The highest BCUT2D eigenvalue weighted by atomic mass is 32.2. The van der Waals surface area contributed by atoms with Crippen LogP contribution in [0.3, 0.4) is 0 Å². The quantitative estimate of drug-likeness (QED) is 0.312. The minimum absolute atomic E-state index is 0.0775. The lowest BCUT2D eigenvalue weighted by Crippen LogP contribution is -2.44. The number of hydrogen-bond acceptors (Lipinski definition) is 6. The fourth-order valence-electron chi connectivity index (χ4n) is 2.92. The first-order chi connectivity index (χ1) is 13.7. The molecule has 1 aromatic carbocycles. The van der Waals surface area contributed by atoms with Crippen LogP contribution in [-0.4, -0.2) is 68.4 Å². The molecule has 6 nitrogen and oxygen atoms in total. The Labute approximate surface area is 171 Å². The summed E-state index contributed by atoms with van der Waals surface area (Å²) in [6, 6.07) is 10.4. The zero-order chi connectivity index (χ0) is 20.0. The van der Waals surface area contributed by atoms with Crippen molar-refractivity contribution in [2.24, 2.45) is 0 Å². The number of ether oxygens (including phenoxy) is 1. The number of halogens is 1. The number of nitrogens with zero attached hydrogens (tertiary/aromatic N) is 1. The van der Waals surface area contributed by atoms with Crippen LogP contribution in [0.2, 0.25) is 0 Å². The van der Waals surface area contributed by atoms with E-state index in [9.17, 15) is 9.18 Å². The van der Waals surface area contributed by atoms with E-state index in [4.69, 9.17) is 9.57 Å². The summed E-state index contributed by atoms with van der Waals surface area (Å²) < 4.78 is 17.3. The van der Waals surface area contributed by atoms with Gasteiger partial charge in [-0.25, -0.2) is 9.18 Å². The van der Waals surface area contributed by atoms with E-state index in [0.29, 0.717) is 26.2 Å². The van der Waals surface area contributed by atoms with Crippen molar-refractivity contribution in [3.8, 4) is 0 Å². The van der Waals surface area contributed by atoms with E-state index in [1.54, 1.807) is 16.7 Å². The number of carbonyl (C=O) groups is 1. The predicted octanol–water partition coefficient (Wildman–Crippen LogP) is 3.24. The Balaban J connectivity index is 1.73. The highest BCUT2D eigenvalue weighted by molar-refractivity contribution is 7.99. The van der Waals surface area contributed by atoms with Crippen LogP contribution in [0.15, 0.2) is 35.2 Å². The number of amides is 1. The molecule has 1 aromatic rings. The Morgan fingerprint density at radius 3 is 2.71 bits per heavy atom. The average Bonchev–Trinajstić information content (AvgIpc) is 2.74. The molecule has 1 saturated heterocycles. The summed E-state index contributed by atoms with van der Waals surface area (Å²) >= 11 is 1.77. The Morgan fingerprint density at radius 1 is 1.29 bits per heavy atom. The van der Waals surface area contributed by atoms with Crippen LogP contribution in [0.1, 0.15) is 26.2 Å². The molecule has 158 valence electrons. The summed E-state index contributed by atoms with van der Waals surface area (Å²) in [7, 11) is 0. The van der Waals surface area contributed by atoms with Crippen LogP contribution in [0.5, 0.6) is 0 Å². The van der Waals surface area contributed by atoms with Gasteiger partial charge >= 0.3 is 6.09 Å². The number of hydrogen-bond donors (Lipinski definition) is 2. The van der Waals surface area contributed by atoms with E-state index < -0.39 is 0 Å². The molecule has 2 N–H and O–H groups in total. The molecule has 0 saturated carbocycles. The van der Waals surface area contributed by atoms with Crippen molar-refractivity contribution in [2.45, 2.75) is 43.2 Å². The normalized spacial score (nSPS) is 16.1. The van der Waals surface area contributed by atoms with Gasteiger partial charge in [0.25, 0.3) is 0 Å². The number of hydroxylamine groups is 1. The molecule has 1 heterocycles. The third kappa shape index (κ3) is 8.77. The summed E-state index contributed by atoms with van der Waals surface area (Å²) in [6.07, 6.45) is 2.25. The smallest absolute Gasteiger partial charge is 0.409 e. The van der Waals surface area contributed by atoms with E-state index >= 15 is 0 Å². The van der Waals surface area contributed by atoms with Gasteiger partial charge in [-0.2, -0.15) is 5.48 Å². The third-order valence-electron chi connectivity index (χ3n) is 4.50. The minimum atomic E-state index is -0.355. The summed E-state index contributed by atoms with van der Waals surface area (Å²) in [5.41, 5.74) is 3.22. The molecule has 1 atom stereocenters. The second-order valence-electron chi connectivity index (χ2n) is 6.67. The van der Waals surface area contributed by atoms with E-state index in [1.807, 2.05) is 25.1 Å². The number of alkyl halides is 1. The van der Waals surface area contributed by atoms with Gasteiger partial charge in [-0.3, -0.25) is 4.84 Å². The summed E-state index contributed by atoms with van der Waals surface area (Å²) in [5.74, 6) is 0.864. The number of thioether (sulfide) groups is 1. The molecule has 0 bridgehead atoms. The number of nitrogens with one attached hydrogen (secondary N) is 2. The molecule has 1 aliphatic heterocycles. The lowest BCUT2D eigenvalue weighted by atomic mass is 10.1. The van der Waals surface area contributed by atoms with Gasteiger partial charge in [0.05, 0.1) is 12.7 Å². The van der Waals surface area contributed by atoms with Gasteiger partial charge in [0.2, 0.25) is 0 Å². The Bertz CT molecular complexity index is 545. The highest BCUT2D eigenvalue weighted by Gasteiger charge is 2.25. The van der Waals surface area contributed by atoms with Crippen molar-refractivity contribution in [1.82, 2.24) is 15.7 Å². The van der Waals surface area contributed by atoms with Crippen molar-refractivity contribution in [1.29, 1.82) is 0 Å². The van der Waals surface area contributed by atoms with Crippen LogP contribution in [0, 0.1) is 0 Å². The molecule has 0 unspecified atom stereocenters.